The minimum atomic E-state index is -0.989. The van der Waals surface area contributed by atoms with Crippen LogP contribution in [0.15, 0.2) is 30.3 Å². The van der Waals surface area contributed by atoms with Gasteiger partial charge in [0, 0.05) is 0 Å². The Morgan fingerprint density at radius 1 is 1.38 bits per heavy atom. The number of ether oxygens (including phenoxy) is 1. The summed E-state index contributed by atoms with van der Waals surface area (Å²) >= 11 is 0. The van der Waals surface area contributed by atoms with Crippen molar-refractivity contribution in [1.82, 2.24) is 4.90 Å². The highest BCUT2D eigenvalue weighted by atomic mass is 16.6. The molecule has 0 spiro atoms. The molecule has 1 heterocycles. The van der Waals surface area contributed by atoms with Gasteiger partial charge in [-0.05, 0) is 5.56 Å². The number of carbonyl (C=O) groups excluding carboxylic acids is 1. The second-order valence-corrected chi connectivity index (χ2v) is 3.55. The molecule has 5 heteroatoms. The van der Waals surface area contributed by atoms with Crippen LogP contribution in [0.25, 0.3) is 0 Å². The molecule has 16 heavy (non-hydrogen) atoms. The summed E-state index contributed by atoms with van der Waals surface area (Å²) in [6.45, 7) is 0.408. The van der Waals surface area contributed by atoms with E-state index in [1.165, 1.54) is 4.90 Å². The maximum Gasteiger partial charge on any atom is 0.411 e. The van der Waals surface area contributed by atoms with Crippen molar-refractivity contribution in [1.29, 1.82) is 0 Å². The van der Waals surface area contributed by atoms with Gasteiger partial charge in [-0.2, -0.15) is 0 Å². The molecule has 2 rings (SSSR count). The molecule has 1 aliphatic heterocycles. The molecule has 5 nitrogen and oxygen atoms in total. The van der Waals surface area contributed by atoms with E-state index < -0.39 is 18.1 Å². The van der Waals surface area contributed by atoms with E-state index in [2.05, 4.69) is 0 Å². The SMILES string of the molecule is O=C(O)[C@H]1CN1C(=O)OCc1ccccc1. The fourth-order valence-corrected chi connectivity index (χ4v) is 1.35. The van der Waals surface area contributed by atoms with Crippen molar-refractivity contribution in [3.63, 3.8) is 0 Å². The number of benzene rings is 1. The Labute approximate surface area is 92.2 Å². The van der Waals surface area contributed by atoms with Gasteiger partial charge in [0.05, 0.1) is 6.54 Å². The summed E-state index contributed by atoms with van der Waals surface area (Å²) in [6.07, 6.45) is -0.573. The van der Waals surface area contributed by atoms with E-state index in [1.807, 2.05) is 30.3 Å². The van der Waals surface area contributed by atoms with Gasteiger partial charge in [-0.15, -0.1) is 0 Å². The molecule has 0 saturated carbocycles. The van der Waals surface area contributed by atoms with Crippen LogP contribution in [-0.2, 0) is 16.1 Å². The Hall–Kier alpha value is -2.04. The predicted octanol–water partition coefficient (Wildman–Crippen LogP) is 1.09. The summed E-state index contributed by atoms with van der Waals surface area (Å²) in [5.41, 5.74) is 0.879. The largest absolute Gasteiger partial charge is 0.480 e. The fraction of sp³-hybridized carbons (Fsp3) is 0.273. The Morgan fingerprint density at radius 3 is 2.62 bits per heavy atom. The topological polar surface area (TPSA) is 66.6 Å². The van der Waals surface area contributed by atoms with E-state index in [9.17, 15) is 9.59 Å². The second kappa shape index (κ2) is 4.22. The number of amides is 1. The highest BCUT2D eigenvalue weighted by molar-refractivity contribution is 5.85. The maximum absolute atomic E-state index is 11.3. The molecule has 1 aromatic carbocycles. The second-order valence-electron chi connectivity index (χ2n) is 3.55. The monoisotopic (exact) mass is 221 g/mol. The summed E-state index contributed by atoms with van der Waals surface area (Å²) in [4.78, 5) is 23.0. The van der Waals surface area contributed by atoms with Crippen molar-refractivity contribution in [3.05, 3.63) is 35.9 Å². The predicted molar refractivity (Wildman–Crippen MR) is 54.8 cm³/mol. The average molecular weight is 221 g/mol. The zero-order chi connectivity index (χ0) is 11.5. The van der Waals surface area contributed by atoms with Crippen LogP contribution in [0.5, 0.6) is 0 Å². The number of carboxylic acid groups (broad SMARTS) is 1. The molecule has 1 aliphatic rings. The first-order valence-electron chi connectivity index (χ1n) is 4.88. The third-order valence-corrected chi connectivity index (χ3v) is 2.34. The molecular weight excluding hydrogens is 210 g/mol. The lowest BCUT2D eigenvalue weighted by molar-refractivity contribution is -0.137. The summed E-state index contributed by atoms with van der Waals surface area (Å²) in [5.74, 6) is -0.989. The Balaban J connectivity index is 1.80. The minimum absolute atomic E-state index is 0.169. The van der Waals surface area contributed by atoms with E-state index in [1.54, 1.807) is 0 Å². The summed E-state index contributed by atoms with van der Waals surface area (Å²) < 4.78 is 4.96. The van der Waals surface area contributed by atoms with Crippen LogP contribution in [0.2, 0.25) is 0 Å². The molecule has 0 radical (unpaired) electrons. The third-order valence-electron chi connectivity index (χ3n) is 2.34. The van der Waals surface area contributed by atoms with Gasteiger partial charge in [0.15, 0.2) is 6.04 Å². The molecule has 1 atom stereocenters. The molecule has 1 fully saturated rings. The van der Waals surface area contributed by atoms with Gasteiger partial charge < -0.3 is 9.84 Å². The number of hydrogen-bond acceptors (Lipinski definition) is 3. The Bertz CT molecular complexity index is 404. The number of hydrogen-bond donors (Lipinski definition) is 1. The lowest BCUT2D eigenvalue weighted by atomic mass is 10.2. The lowest BCUT2D eigenvalue weighted by Gasteiger charge is -2.05. The van der Waals surface area contributed by atoms with Gasteiger partial charge in [0.25, 0.3) is 0 Å². The molecule has 0 aliphatic carbocycles. The van der Waals surface area contributed by atoms with Gasteiger partial charge in [-0.3, -0.25) is 4.90 Å². The maximum atomic E-state index is 11.3. The summed E-state index contributed by atoms with van der Waals surface area (Å²) in [6, 6.07) is 8.54. The molecule has 1 amide bonds. The normalized spacial score (nSPS) is 18.0. The van der Waals surface area contributed by atoms with Crippen LogP contribution in [0, 0.1) is 0 Å². The first-order valence-corrected chi connectivity index (χ1v) is 4.88. The van der Waals surface area contributed by atoms with E-state index in [4.69, 9.17) is 9.84 Å². The number of rotatable bonds is 3. The van der Waals surface area contributed by atoms with Gasteiger partial charge >= 0.3 is 12.1 Å². The Kier molecular flexibility index (Phi) is 2.76. The van der Waals surface area contributed by atoms with Crippen molar-refractivity contribution < 1.29 is 19.4 Å². The Morgan fingerprint density at radius 2 is 2.06 bits per heavy atom. The standard InChI is InChI=1S/C11H11NO4/c13-10(14)9-6-12(9)11(15)16-7-8-4-2-1-3-5-8/h1-5,9H,6-7H2,(H,13,14)/t9-,12?/m1/s1. The number of carbonyl (C=O) groups is 2. The highest BCUT2D eigenvalue weighted by Gasteiger charge is 2.45. The van der Waals surface area contributed by atoms with Crippen molar-refractivity contribution in [2.24, 2.45) is 0 Å². The van der Waals surface area contributed by atoms with E-state index >= 15 is 0 Å². The van der Waals surface area contributed by atoms with Gasteiger partial charge in [0.2, 0.25) is 0 Å². The van der Waals surface area contributed by atoms with Crippen molar-refractivity contribution in [2.75, 3.05) is 6.54 Å². The van der Waals surface area contributed by atoms with E-state index in [0.29, 0.717) is 0 Å². The first-order chi connectivity index (χ1) is 7.68. The number of carboxylic acids is 1. The zero-order valence-corrected chi connectivity index (χ0v) is 8.50. The molecule has 0 aromatic heterocycles. The van der Waals surface area contributed by atoms with Crippen molar-refractivity contribution in [3.8, 4) is 0 Å². The molecule has 1 N–H and O–H groups in total. The van der Waals surface area contributed by atoms with E-state index in [-0.39, 0.29) is 13.2 Å². The van der Waals surface area contributed by atoms with Gasteiger partial charge in [-0.25, -0.2) is 9.59 Å². The van der Waals surface area contributed by atoms with Crippen molar-refractivity contribution in [2.45, 2.75) is 12.6 Å². The zero-order valence-electron chi connectivity index (χ0n) is 8.50. The lowest BCUT2D eigenvalue weighted by Crippen LogP contribution is -2.19. The highest BCUT2D eigenvalue weighted by Crippen LogP contribution is 2.19. The first kappa shape index (κ1) is 10.5. The minimum Gasteiger partial charge on any atom is -0.480 e. The number of aliphatic carboxylic acids is 1. The molecule has 1 saturated heterocycles. The molecule has 0 unspecified atom stereocenters. The van der Waals surface area contributed by atoms with Crippen LogP contribution >= 0.6 is 0 Å². The summed E-state index contributed by atoms with van der Waals surface area (Å²) in [7, 11) is 0. The molecule has 84 valence electrons. The van der Waals surface area contributed by atoms with Crippen molar-refractivity contribution >= 4 is 12.1 Å². The van der Waals surface area contributed by atoms with Gasteiger partial charge in [-0.1, -0.05) is 30.3 Å². The van der Waals surface area contributed by atoms with E-state index in [0.717, 1.165) is 5.56 Å². The molecular formula is C11H11NO4. The number of nitrogens with zero attached hydrogens (tertiary/aromatic N) is 1. The van der Waals surface area contributed by atoms with Crippen LogP contribution in [-0.4, -0.2) is 34.7 Å². The smallest absolute Gasteiger partial charge is 0.411 e. The van der Waals surface area contributed by atoms with Gasteiger partial charge in [0.1, 0.15) is 6.61 Å². The third kappa shape index (κ3) is 2.31. The molecule has 1 aromatic rings. The molecule has 0 bridgehead atoms. The van der Waals surface area contributed by atoms with Crippen LogP contribution in [0.1, 0.15) is 5.56 Å². The average Bonchev–Trinajstić information content (AvgIpc) is 3.07. The van der Waals surface area contributed by atoms with Crippen LogP contribution in [0.3, 0.4) is 0 Å². The summed E-state index contributed by atoms with van der Waals surface area (Å²) in [5, 5.41) is 8.61. The van der Waals surface area contributed by atoms with Crippen LogP contribution in [0.4, 0.5) is 4.79 Å². The van der Waals surface area contributed by atoms with Crippen LogP contribution < -0.4 is 0 Å². The fourth-order valence-electron chi connectivity index (χ4n) is 1.35. The quantitative estimate of drug-likeness (QED) is 0.776.